The smallest absolute Gasteiger partial charge is 0.228 e. The highest BCUT2D eigenvalue weighted by molar-refractivity contribution is 5.65. The molecule has 0 fully saturated rings. The summed E-state index contributed by atoms with van der Waals surface area (Å²) in [5, 5.41) is 15.8. The van der Waals surface area contributed by atoms with Gasteiger partial charge in [-0.05, 0) is 29.8 Å². The third-order valence-corrected chi connectivity index (χ3v) is 4.62. The number of aromatic nitrogens is 8. The van der Waals surface area contributed by atoms with Crippen molar-refractivity contribution in [3.63, 3.8) is 0 Å². The fourth-order valence-electron chi connectivity index (χ4n) is 3.15. The summed E-state index contributed by atoms with van der Waals surface area (Å²) >= 11 is 0. The Bertz CT molecular complexity index is 1340. The fraction of sp³-hybridized carbons (Fsp3) is 0.100. The molecule has 0 aliphatic rings. The number of nitrogens with one attached hydrogen (secondary N) is 1. The van der Waals surface area contributed by atoms with Crippen LogP contribution in [0.1, 0.15) is 11.4 Å². The average molecular weight is 401 g/mol. The maximum atomic E-state index is 13.4. The second-order valence-corrected chi connectivity index (χ2v) is 6.68. The van der Waals surface area contributed by atoms with Crippen LogP contribution >= 0.6 is 0 Å². The van der Waals surface area contributed by atoms with Gasteiger partial charge in [-0.15, -0.1) is 10.2 Å². The summed E-state index contributed by atoms with van der Waals surface area (Å²) < 4.78 is 17.0. The standard InChI is InChI=1S/C20H16FN9/c1-29-17(3-6-24-29)26-20-23-5-2-16(25-20)14-4-7-30-18(27-28-19(30)10-14)9-13-8-15(21)12-22-11-13/h2-8,10-12H,9H2,1H3,(H,23,25,26). The zero-order valence-electron chi connectivity index (χ0n) is 15.9. The summed E-state index contributed by atoms with van der Waals surface area (Å²) in [7, 11) is 1.84. The Morgan fingerprint density at radius 2 is 2.00 bits per heavy atom. The number of aryl methyl sites for hydroxylation is 1. The van der Waals surface area contributed by atoms with Gasteiger partial charge in [0.1, 0.15) is 17.5 Å². The van der Waals surface area contributed by atoms with Gasteiger partial charge in [0.05, 0.1) is 18.1 Å². The number of fused-ring (bicyclic) bond motifs is 1. The largest absolute Gasteiger partial charge is 0.309 e. The molecule has 0 atom stereocenters. The Morgan fingerprint density at radius 3 is 2.83 bits per heavy atom. The van der Waals surface area contributed by atoms with E-state index in [1.54, 1.807) is 23.3 Å². The van der Waals surface area contributed by atoms with Gasteiger partial charge in [0.15, 0.2) is 5.65 Å². The first kappa shape index (κ1) is 17.9. The summed E-state index contributed by atoms with van der Waals surface area (Å²) in [6.07, 6.45) is 8.49. The van der Waals surface area contributed by atoms with Gasteiger partial charge in [-0.3, -0.25) is 14.1 Å². The molecule has 5 aromatic rings. The first-order valence-corrected chi connectivity index (χ1v) is 9.17. The van der Waals surface area contributed by atoms with Gasteiger partial charge in [-0.1, -0.05) is 0 Å². The van der Waals surface area contributed by atoms with Crippen molar-refractivity contribution in [3.8, 4) is 11.3 Å². The lowest BCUT2D eigenvalue weighted by atomic mass is 10.2. The highest BCUT2D eigenvalue weighted by Crippen LogP contribution is 2.21. The Kier molecular flexibility index (Phi) is 4.36. The van der Waals surface area contributed by atoms with Crippen molar-refractivity contribution in [2.45, 2.75) is 6.42 Å². The van der Waals surface area contributed by atoms with Crippen LogP contribution in [0.2, 0.25) is 0 Å². The SMILES string of the molecule is Cn1nccc1Nc1nccc(-c2ccn3c(Cc4cncc(F)c4)nnc3c2)n1. The topological polar surface area (TPSA) is 98.7 Å². The summed E-state index contributed by atoms with van der Waals surface area (Å²) in [4.78, 5) is 12.7. The molecule has 0 amide bonds. The molecule has 0 spiro atoms. The Balaban J connectivity index is 1.43. The fourth-order valence-corrected chi connectivity index (χ4v) is 3.15. The lowest BCUT2D eigenvalue weighted by Crippen LogP contribution is -2.03. The molecule has 0 aliphatic heterocycles. The number of hydrogen-bond donors (Lipinski definition) is 1. The molecule has 5 aromatic heterocycles. The molecule has 0 aromatic carbocycles. The first-order chi connectivity index (χ1) is 14.7. The highest BCUT2D eigenvalue weighted by atomic mass is 19.1. The molecule has 10 heteroatoms. The quantitative estimate of drug-likeness (QED) is 0.483. The predicted molar refractivity (Wildman–Crippen MR) is 108 cm³/mol. The number of hydrogen-bond acceptors (Lipinski definition) is 7. The van der Waals surface area contributed by atoms with E-state index in [0.29, 0.717) is 23.8 Å². The van der Waals surface area contributed by atoms with E-state index < -0.39 is 0 Å². The molecule has 0 aliphatic carbocycles. The molecule has 0 saturated heterocycles. The van der Waals surface area contributed by atoms with Crippen LogP contribution in [0.25, 0.3) is 16.9 Å². The summed E-state index contributed by atoms with van der Waals surface area (Å²) in [6, 6.07) is 8.94. The molecule has 0 radical (unpaired) electrons. The van der Waals surface area contributed by atoms with Crippen molar-refractivity contribution in [2.75, 3.05) is 5.32 Å². The second kappa shape index (κ2) is 7.32. The number of rotatable bonds is 5. The zero-order valence-corrected chi connectivity index (χ0v) is 15.9. The van der Waals surface area contributed by atoms with Crippen molar-refractivity contribution in [1.82, 2.24) is 39.3 Å². The van der Waals surface area contributed by atoms with Crippen LogP contribution in [-0.2, 0) is 13.5 Å². The second-order valence-electron chi connectivity index (χ2n) is 6.68. The molecule has 1 N–H and O–H groups in total. The van der Waals surface area contributed by atoms with Crippen LogP contribution < -0.4 is 5.32 Å². The van der Waals surface area contributed by atoms with E-state index in [2.05, 4.69) is 35.6 Å². The van der Waals surface area contributed by atoms with Gasteiger partial charge < -0.3 is 5.32 Å². The summed E-state index contributed by atoms with van der Waals surface area (Å²) in [5.74, 6) is 1.58. The Hall–Kier alpha value is -4.21. The molecule has 148 valence electrons. The number of nitrogens with zero attached hydrogens (tertiary/aromatic N) is 8. The van der Waals surface area contributed by atoms with Crippen LogP contribution in [0, 0.1) is 5.82 Å². The molecular weight excluding hydrogens is 385 g/mol. The lowest BCUT2D eigenvalue weighted by molar-refractivity contribution is 0.618. The molecule has 9 nitrogen and oxygen atoms in total. The molecule has 5 heterocycles. The van der Waals surface area contributed by atoms with Crippen molar-refractivity contribution >= 4 is 17.4 Å². The van der Waals surface area contributed by atoms with Gasteiger partial charge >= 0.3 is 0 Å². The van der Waals surface area contributed by atoms with Crippen LogP contribution in [0.3, 0.4) is 0 Å². The minimum atomic E-state index is -0.372. The van der Waals surface area contributed by atoms with Crippen molar-refractivity contribution in [2.24, 2.45) is 7.05 Å². The first-order valence-electron chi connectivity index (χ1n) is 9.17. The van der Waals surface area contributed by atoms with Crippen molar-refractivity contribution in [3.05, 3.63) is 78.5 Å². The van der Waals surface area contributed by atoms with Crippen LogP contribution in [0.15, 0.2) is 61.3 Å². The van der Waals surface area contributed by atoms with Gasteiger partial charge in [0, 0.05) is 43.7 Å². The Labute approximate surface area is 170 Å². The lowest BCUT2D eigenvalue weighted by Gasteiger charge is -2.07. The van der Waals surface area contributed by atoms with Crippen molar-refractivity contribution in [1.29, 1.82) is 0 Å². The monoisotopic (exact) mass is 401 g/mol. The predicted octanol–water partition coefficient (Wildman–Crippen LogP) is 2.79. The van der Waals surface area contributed by atoms with E-state index in [-0.39, 0.29) is 5.82 Å². The van der Waals surface area contributed by atoms with E-state index in [1.165, 1.54) is 12.3 Å². The molecule has 0 unspecified atom stereocenters. The van der Waals surface area contributed by atoms with E-state index in [0.717, 1.165) is 22.6 Å². The van der Waals surface area contributed by atoms with E-state index >= 15 is 0 Å². The highest BCUT2D eigenvalue weighted by Gasteiger charge is 2.10. The Morgan fingerprint density at radius 1 is 1.07 bits per heavy atom. The van der Waals surface area contributed by atoms with Crippen molar-refractivity contribution < 1.29 is 4.39 Å². The van der Waals surface area contributed by atoms with Gasteiger partial charge in [-0.2, -0.15) is 5.10 Å². The maximum Gasteiger partial charge on any atom is 0.228 e. The van der Waals surface area contributed by atoms with E-state index in [4.69, 9.17) is 0 Å². The third kappa shape index (κ3) is 3.46. The van der Waals surface area contributed by atoms with Crippen LogP contribution in [-0.4, -0.2) is 39.3 Å². The maximum absolute atomic E-state index is 13.4. The molecular formula is C20H16FN9. The summed E-state index contributed by atoms with van der Waals surface area (Å²) in [6.45, 7) is 0. The zero-order chi connectivity index (χ0) is 20.5. The van der Waals surface area contributed by atoms with E-state index in [1.807, 2.05) is 41.9 Å². The normalized spacial score (nSPS) is 11.1. The molecule has 0 bridgehead atoms. The number of halogens is 1. The number of anilines is 2. The summed E-state index contributed by atoms with van der Waals surface area (Å²) in [5.41, 5.74) is 3.03. The number of pyridine rings is 2. The van der Waals surface area contributed by atoms with Crippen LogP contribution in [0.4, 0.5) is 16.2 Å². The molecule has 0 saturated carbocycles. The van der Waals surface area contributed by atoms with Crippen LogP contribution in [0.5, 0.6) is 0 Å². The molecule has 5 rings (SSSR count). The van der Waals surface area contributed by atoms with Gasteiger partial charge in [-0.25, -0.2) is 14.4 Å². The van der Waals surface area contributed by atoms with E-state index in [9.17, 15) is 4.39 Å². The minimum Gasteiger partial charge on any atom is -0.309 e. The van der Waals surface area contributed by atoms with Gasteiger partial charge in [0.2, 0.25) is 5.95 Å². The average Bonchev–Trinajstić information content (AvgIpc) is 3.34. The third-order valence-electron chi connectivity index (χ3n) is 4.62. The minimum absolute atomic E-state index is 0.372. The molecule has 30 heavy (non-hydrogen) atoms. The van der Waals surface area contributed by atoms with Gasteiger partial charge in [0.25, 0.3) is 0 Å².